The number of hydrogen-bond acceptors (Lipinski definition) is 13. The fourth-order valence-corrected chi connectivity index (χ4v) is 3.37. The number of azo groups is 1. The first kappa shape index (κ1) is 26.0. The highest BCUT2D eigenvalue weighted by molar-refractivity contribution is 7.19. The summed E-state index contributed by atoms with van der Waals surface area (Å²) in [7, 11) is 2.41. The third kappa shape index (κ3) is 7.41. The molecule has 1 aromatic carbocycles. The van der Waals surface area contributed by atoms with E-state index < -0.39 is 17.2 Å². The summed E-state index contributed by atoms with van der Waals surface area (Å²) in [6.07, 6.45) is -1.63. The van der Waals surface area contributed by atoms with Crippen LogP contribution >= 0.6 is 11.3 Å². The van der Waals surface area contributed by atoms with Crippen LogP contribution in [0.3, 0.4) is 0 Å². The van der Waals surface area contributed by atoms with E-state index in [4.69, 9.17) is 14.7 Å². The van der Waals surface area contributed by atoms with E-state index >= 15 is 0 Å². The second-order valence-corrected chi connectivity index (χ2v) is 7.44. The minimum absolute atomic E-state index is 0.0273. The number of carbonyl (C=O) groups excluding carboxylic acids is 2. The predicted molar refractivity (Wildman–Crippen MR) is 120 cm³/mol. The highest BCUT2D eigenvalue weighted by Gasteiger charge is 2.17. The van der Waals surface area contributed by atoms with Crippen LogP contribution < -0.4 is 4.90 Å². The van der Waals surface area contributed by atoms with Crippen molar-refractivity contribution in [1.82, 2.24) is 0 Å². The summed E-state index contributed by atoms with van der Waals surface area (Å²) >= 11 is 0.758. The largest absolute Gasteiger partial charge is 0.508 e. The van der Waals surface area contributed by atoms with Gasteiger partial charge in [0.25, 0.3) is 0 Å². The average Bonchev–Trinajstić information content (AvgIpc) is 3.25. The minimum atomic E-state index is -0.816. The van der Waals surface area contributed by atoms with E-state index in [1.54, 1.807) is 25.1 Å². The molecule has 0 radical (unpaired) electrons. The molecule has 0 amide bonds. The fraction of sp³-hybridized carbons (Fsp3) is 0.350. The third-order valence-corrected chi connectivity index (χ3v) is 5.26. The number of nitrogens with zero attached hydrogens (tertiary/aromatic N) is 5. The summed E-state index contributed by atoms with van der Waals surface area (Å²) in [6.45, 7) is 2.40. The second-order valence-electron chi connectivity index (χ2n) is 6.44. The summed E-state index contributed by atoms with van der Waals surface area (Å²) in [5, 5.41) is 28.2. The van der Waals surface area contributed by atoms with E-state index in [0.29, 0.717) is 5.69 Å². The number of methoxy groups -OCH3 is 2. The van der Waals surface area contributed by atoms with Crippen LogP contribution in [0.4, 0.5) is 31.0 Å². The number of hydrogen-bond donors (Lipinski definition) is 0. The summed E-state index contributed by atoms with van der Waals surface area (Å²) in [6, 6.07) is 8.23. The minimum Gasteiger partial charge on any atom is -0.438 e. The summed E-state index contributed by atoms with van der Waals surface area (Å²) < 4.78 is 18.8. The zero-order chi connectivity index (χ0) is 25.1. The Labute approximate surface area is 198 Å². The average molecular weight is 491 g/mol. The van der Waals surface area contributed by atoms with Crippen molar-refractivity contribution in [2.75, 3.05) is 45.4 Å². The van der Waals surface area contributed by atoms with Crippen molar-refractivity contribution in [3.05, 3.63) is 45.5 Å². The van der Waals surface area contributed by atoms with Gasteiger partial charge in [-0.05, 0) is 42.0 Å². The Bertz CT molecular complexity index is 1090. The molecule has 0 aliphatic carbocycles. The van der Waals surface area contributed by atoms with E-state index in [9.17, 15) is 19.7 Å². The van der Waals surface area contributed by atoms with Gasteiger partial charge in [-0.15, -0.1) is 10.2 Å². The zero-order valence-corrected chi connectivity index (χ0v) is 19.4. The highest BCUT2D eigenvalue weighted by Crippen LogP contribution is 2.37. The first-order valence-electron chi connectivity index (χ1n) is 9.66. The molecule has 0 N–H and O–H groups in total. The number of nitriles is 1. The first-order chi connectivity index (χ1) is 16.3. The normalized spacial score (nSPS) is 10.4. The van der Waals surface area contributed by atoms with Crippen LogP contribution in [0.2, 0.25) is 0 Å². The predicted octanol–water partition coefficient (Wildman–Crippen LogP) is 4.62. The van der Waals surface area contributed by atoms with E-state index in [-0.39, 0.29) is 41.9 Å². The molecule has 0 unspecified atom stereocenters. The fourth-order valence-electron chi connectivity index (χ4n) is 2.63. The molecule has 34 heavy (non-hydrogen) atoms. The Morgan fingerprint density at radius 3 is 2.24 bits per heavy atom. The summed E-state index contributed by atoms with van der Waals surface area (Å²) in [5.41, 5.74) is 2.00. The van der Waals surface area contributed by atoms with Crippen molar-refractivity contribution in [3.8, 4) is 6.07 Å². The molecule has 0 atom stereocenters. The van der Waals surface area contributed by atoms with Gasteiger partial charge in [-0.1, -0.05) is 0 Å². The Morgan fingerprint density at radius 2 is 1.74 bits per heavy atom. The van der Waals surface area contributed by atoms with Crippen molar-refractivity contribution in [2.24, 2.45) is 10.2 Å². The van der Waals surface area contributed by atoms with Gasteiger partial charge >= 0.3 is 17.3 Å². The van der Waals surface area contributed by atoms with E-state index in [1.165, 1.54) is 14.2 Å². The quantitative estimate of drug-likeness (QED) is 0.198. The second kappa shape index (κ2) is 12.7. The van der Waals surface area contributed by atoms with Crippen LogP contribution in [-0.2, 0) is 18.9 Å². The van der Waals surface area contributed by atoms with Crippen LogP contribution in [0.15, 0.2) is 34.5 Å². The SMILES string of the molecule is COC(=O)OCCN(CCOC(=O)OC)c1ccc(/N=N/c2sc([N+](=O)[O-])cc2C#N)c(C)c1. The molecule has 0 fully saturated rings. The Hall–Kier alpha value is -4.25. The molecule has 0 bridgehead atoms. The van der Waals surface area contributed by atoms with Gasteiger partial charge in [0.15, 0.2) is 5.00 Å². The number of aryl methyl sites for hydroxylation is 1. The maximum atomic E-state index is 11.2. The Morgan fingerprint density at radius 1 is 1.12 bits per heavy atom. The van der Waals surface area contributed by atoms with Crippen molar-refractivity contribution < 1.29 is 33.5 Å². The van der Waals surface area contributed by atoms with Gasteiger partial charge < -0.3 is 23.8 Å². The molecule has 1 heterocycles. The molecule has 1 aromatic heterocycles. The topological polar surface area (TPSA) is 166 Å². The van der Waals surface area contributed by atoms with Crippen LogP contribution in [-0.4, -0.2) is 57.8 Å². The molecule has 0 aliphatic heterocycles. The van der Waals surface area contributed by atoms with Crippen LogP contribution in [0.25, 0.3) is 0 Å². The van der Waals surface area contributed by atoms with Gasteiger partial charge in [-0.3, -0.25) is 10.1 Å². The number of rotatable bonds is 10. The van der Waals surface area contributed by atoms with Crippen molar-refractivity contribution >= 4 is 45.0 Å². The molecule has 0 aliphatic rings. The van der Waals surface area contributed by atoms with Gasteiger partial charge in [0.05, 0.1) is 43.5 Å². The van der Waals surface area contributed by atoms with Crippen molar-refractivity contribution in [3.63, 3.8) is 0 Å². The molecule has 0 saturated carbocycles. The molecule has 0 spiro atoms. The molecule has 180 valence electrons. The monoisotopic (exact) mass is 491 g/mol. The molecule has 2 aromatic rings. The summed E-state index contributed by atoms with van der Waals surface area (Å²) in [5.74, 6) is 0. The van der Waals surface area contributed by atoms with E-state index in [2.05, 4.69) is 19.7 Å². The molecular formula is C20H21N5O8S. The molecular weight excluding hydrogens is 470 g/mol. The van der Waals surface area contributed by atoms with Crippen LogP contribution in [0.5, 0.6) is 0 Å². The van der Waals surface area contributed by atoms with E-state index in [1.807, 2.05) is 11.0 Å². The maximum absolute atomic E-state index is 11.2. The number of carbonyl (C=O) groups is 2. The van der Waals surface area contributed by atoms with Crippen molar-refractivity contribution in [2.45, 2.75) is 6.92 Å². The Balaban J connectivity index is 2.18. The van der Waals surface area contributed by atoms with E-state index in [0.717, 1.165) is 28.7 Å². The maximum Gasteiger partial charge on any atom is 0.508 e. The van der Waals surface area contributed by atoms with Crippen LogP contribution in [0.1, 0.15) is 11.1 Å². The molecule has 14 heteroatoms. The lowest BCUT2D eigenvalue weighted by molar-refractivity contribution is -0.380. The standard InChI is InChI=1S/C20H21N5O8S/c1-13-10-15(24(6-8-32-19(26)30-2)7-9-33-20(27)31-3)4-5-16(13)22-23-18-14(12-21)11-17(34-18)25(28)29/h4-5,10-11H,6-9H2,1-3H3/b23-22+. The molecule has 0 saturated heterocycles. The van der Waals surface area contributed by atoms with Gasteiger partial charge in [0, 0.05) is 11.8 Å². The molecule has 13 nitrogen and oxygen atoms in total. The smallest absolute Gasteiger partial charge is 0.438 e. The lowest BCUT2D eigenvalue weighted by Crippen LogP contribution is -2.32. The van der Waals surface area contributed by atoms with Crippen LogP contribution in [0, 0.1) is 28.4 Å². The lowest BCUT2D eigenvalue weighted by Gasteiger charge is -2.25. The lowest BCUT2D eigenvalue weighted by atomic mass is 10.1. The Kier molecular flexibility index (Phi) is 9.72. The van der Waals surface area contributed by atoms with Gasteiger partial charge in [-0.25, -0.2) is 9.59 Å². The number of nitro groups is 1. The number of anilines is 1. The van der Waals surface area contributed by atoms with Crippen molar-refractivity contribution in [1.29, 1.82) is 5.26 Å². The number of ether oxygens (including phenoxy) is 4. The van der Waals surface area contributed by atoms with Gasteiger partial charge in [0.2, 0.25) is 0 Å². The van der Waals surface area contributed by atoms with Gasteiger partial charge in [0.1, 0.15) is 19.3 Å². The van der Waals surface area contributed by atoms with Gasteiger partial charge in [-0.2, -0.15) is 5.26 Å². The third-order valence-electron chi connectivity index (χ3n) is 4.29. The number of thiophene rings is 1. The highest BCUT2D eigenvalue weighted by atomic mass is 32.1. The molecule has 2 rings (SSSR count). The first-order valence-corrected chi connectivity index (χ1v) is 10.5. The number of benzene rings is 1. The zero-order valence-electron chi connectivity index (χ0n) is 18.5. The summed E-state index contributed by atoms with van der Waals surface area (Å²) in [4.78, 5) is 34.6.